The number of fused-ring (bicyclic) bond motifs is 1. The van der Waals surface area contributed by atoms with Crippen LogP contribution in [-0.4, -0.2) is 43.9 Å². The van der Waals surface area contributed by atoms with Gasteiger partial charge >= 0.3 is 6.03 Å². The van der Waals surface area contributed by atoms with Crippen molar-refractivity contribution in [3.8, 4) is 5.75 Å². The number of rotatable bonds is 9. The number of nitrogens with one attached hydrogen (secondary N) is 3. The second kappa shape index (κ2) is 9.32. The lowest BCUT2D eigenvalue weighted by atomic mass is 10.1. The highest BCUT2D eigenvalue weighted by molar-refractivity contribution is 5.89. The SMILES string of the molecule is CCOC[C@H](NC(=O)NCCc1c[nH]c2cccc(OC)c12)C(C)C. The summed E-state index contributed by atoms with van der Waals surface area (Å²) in [4.78, 5) is 15.4. The first kappa shape index (κ1) is 19.1. The van der Waals surface area contributed by atoms with Gasteiger partial charge in [0.15, 0.2) is 0 Å². The molecule has 25 heavy (non-hydrogen) atoms. The van der Waals surface area contributed by atoms with Crippen molar-refractivity contribution in [2.75, 3.05) is 26.9 Å². The molecule has 3 N–H and O–H groups in total. The van der Waals surface area contributed by atoms with Gasteiger partial charge < -0.3 is 25.1 Å². The molecule has 6 heteroatoms. The summed E-state index contributed by atoms with van der Waals surface area (Å²) in [5, 5.41) is 6.98. The molecule has 138 valence electrons. The van der Waals surface area contributed by atoms with Crippen LogP contribution < -0.4 is 15.4 Å². The molecule has 1 atom stereocenters. The van der Waals surface area contributed by atoms with E-state index in [1.54, 1.807) is 7.11 Å². The fraction of sp³-hybridized carbons (Fsp3) is 0.526. The lowest BCUT2D eigenvalue weighted by Crippen LogP contribution is -2.47. The van der Waals surface area contributed by atoms with Gasteiger partial charge in [0, 0.05) is 30.3 Å². The van der Waals surface area contributed by atoms with Gasteiger partial charge in [-0.3, -0.25) is 0 Å². The quantitative estimate of drug-likeness (QED) is 0.652. The Morgan fingerprint density at radius 1 is 1.32 bits per heavy atom. The fourth-order valence-corrected chi connectivity index (χ4v) is 2.76. The van der Waals surface area contributed by atoms with Gasteiger partial charge in [-0.05, 0) is 37.0 Å². The fourth-order valence-electron chi connectivity index (χ4n) is 2.76. The van der Waals surface area contributed by atoms with Crippen molar-refractivity contribution in [2.45, 2.75) is 33.2 Å². The molecule has 0 saturated heterocycles. The van der Waals surface area contributed by atoms with Gasteiger partial charge in [0.2, 0.25) is 0 Å². The Balaban J connectivity index is 1.89. The number of carbonyl (C=O) groups excluding carboxylic acids is 1. The normalized spacial score (nSPS) is 12.4. The predicted molar refractivity (Wildman–Crippen MR) is 100 cm³/mol. The number of amides is 2. The summed E-state index contributed by atoms with van der Waals surface area (Å²) in [7, 11) is 1.67. The highest BCUT2D eigenvalue weighted by Crippen LogP contribution is 2.28. The van der Waals surface area contributed by atoms with Crippen molar-refractivity contribution in [1.82, 2.24) is 15.6 Å². The van der Waals surface area contributed by atoms with Crippen molar-refractivity contribution >= 4 is 16.9 Å². The van der Waals surface area contributed by atoms with Crippen molar-refractivity contribution in [1.29, 1.82) is 0 Å². The molecule has 0 bridgehead atoms. The third kappa shape index (κ3) is 5.13. The number of H-pyrrole nitrogens is 1. The molecule has 2 rings (SSSR count). The average molecular weight is 347 g/mol. The molecule has 0 spiro atoms. The van der Waals surface area contributed by atoms with Crippen LogP contribution in [0.3, 0.4) is 0 Å². The third-order valence-corrected chi connectivity index (χ3v) is 4.27. The third-order valence-electron chi connectivity index (χ3n) is 4.27. The van der Waals surface area contributed by atoms with E-state index in [1.807, 2.05) is 31.3 Å². The van der Waals surface area contributed by atoms with Crippen LogP contribution in [0, 0.1) is 5.92 Å². The van der Waals surface area contributed by atoms with E-state index in [4.69, 9.17) is 9.47 Å². The minimum Gasteiger partial charge on any atom is -0.496 e. The van der Waals surface area contributed by atoms with Gasteiger partial charge in [-0.25, -0.2) is 4.79 Å². The molecule has 2 aromatic rings. The number of aromatic amines is 1. The van der Waals surface area contributed by atoms with Crippen LogP contribution in [0.4, 0.5) is 4.79 Å². The monoisotopic (exact) mass is 347 g/mol. The van der Waals surface area contributed by atoms with Crippen LogP contribution in [0.15, 0.2) is 24.4 Å². The van der Waals surface area contributed by atoms with Crippen molar-refractivity contribution in [3.05, 3.63) is 30.0 Å². The summed E-state index contributed by atoms with van der Waals surface area (Å²) >= 11 is 0. The molecule has 0 fully saturated rings. The van der Waals surface area contributed by atoms with Gasteiger partial charge in [0.05, 0.1) is 19.8 Å². The molecule has 0 unspecified atom stereocenters. The summed E-state index contributed by atoms with van der Waals surface area (Å²) in [5.41, 5.74) is 2.16. The summed E-state index contributed by atoms with van der Waals surface area (Å²) in [6, 6.07) is 5.76. The number of hydrogen-bond donors (Lipinski definition) is 3. The number of aromatic nitrogens is 1. The average Bonchev–Trinajstić information content (AvgIpc) is 3.01. The van der Waals surface area contributed by atoms with E-state index >= 15 is 0 Å². The largest absolute Gasteiger partial charge is 0.496 e. The van der Waals surface area contributed by atoms with E-state index in [0.29, 0.717) is 25.7 Å². The number of urea groups is 1. The zero-order valence-corrected chi connectivity index (χ0v) is 15.5. The number of hydrogen-bond acceptors (Lipinski definition) is 3. The number of carbonyl (C=O) groups is 1. The molecular weight excluding hydrogens is 318 g/mol. The maximum absolute atomic E-state index is 12.1. The van der Waals surface area contributed by atoms with Crippen molar-refractivity contribution < 1.29 is 14.3 Å². The summed E-state index contributed by atoms with van der Waals surface area (Å²) in [6.45, 7) is 7.82. The molecule has 0 saturated carbocycles. The molecular formula is C19H29N3O3. The molecule has 0 radical (unpaired) electrons. The molecule has 1 aromatic heterocycles. The minimum atomic E-state index is -0.162. The molecule has 2 amide bonds. The van der Waals surface area contributed by atoms with Crippen molar-refractivity contribution in [2.24, 2.45) is 5.92 Å². The van der Waals surface area contributed by atoms with Crippen LogP contribution in [0.2, 0.25) is 0 Å². The molecule has 1 heterocycles. The summed E-state index contributed by atoms with van der Waals surface area (Å²) in [5.74, 6) is 1.16. The number of ether oxygens (including phenoxy) is 2. The second-order valence-electron chi connectivity index (χ2n) is 6.36. The molecule has 0 aliphatic carbocycles. The van der Waals surface area contributed by atoms with E-state index in [2.05, 4.69) is 29.5 Å². The molecule has 1 aromatic carbocycles. The highest BCUT2D eigenvalue weighted by Gasteiger charge is 2.16. The van der Waals surface area contributed by atoms with Gasteiger partial charge in [0.25, 0.3) is 0 Å². The number of methoxy groups -OCH3 is 1. The molecule has 6 nitrogen and oxygen atoms in total. The Morgan fingerprint density at radius 3 is 2.80 bits per heavy atom. The zero-order chi connectivity index (χ0) is 18.2. The Hall–Kier alpha value is -2.21. The van der Waals surface area contributed by atoms with Gasteiger partial charge in [-0.2, -0.15) is 0 Å². The lowest BCUT2D eigenvalue weighted by Gasteiger charge is -2.22. The first-order chi connectivity index (χ1) is 12.1. The van der Waals surface area contributed by atoms with E-state index in [0.717, 1.165) is 28.6 Å². The van der Waals surface area contributed by atoms with E-state index < -0.39 is 0 Å². The van der Waals surface area contributed by atoms with Crippen LogP contribution in [0.1, 0.15) is 26.3 Å². The first-order valence-corrected chi connectivity index (χ1v) is 8.81. The van der Waals surface area contributed by atoms with E-state index in [9.17, 15) is 4.79 Å². The Labute approximate surface area is 149 Å². The maximum Gasteiger partial charge on any atom is 0.315 e. The van der Waals surface area contributed by atoms with Crippen LogP contribution in [0.5, 0.6) is 5.75 Å². The van der Waals surface area contributed by atoms with E-state index in [1.165, 1.54) is 0 Å². The van der Waals surface area contributed by atoms with Crippen molar-refractivity contribution in [3.63, 3.8) is 0 Å². The lowest BCUT2D eigenvalue weighted by molar-refractivity contribution is 0.110. The van der Waals surface area contributed by atoms with Crippen LogP contribution in [-0.2, 0) is 11.2 Å². The van der Waals surface area contributed by atoms with Crippen LogP contribution in [0.25, 0.3) is 10.9 Å². The van der Waals surface area contributed by atoms with Gasteiger partial charge in [-0.1, -0.05) is 19.9 Å². The van der Waals surface area contributed by atoms with Gasteiger partial charge in [0.1, 0.15) is 5.75 Å². The Bertz CT molecular complexity index is 682. The second-order valence-corrected chi connectivity index (χ2v) is 6.36. The molecule has 0 aliphatic rings. The highest BCUT2D eigenvalue weighted by atomic mass is 16.5. The standard InChI is InChI=1S/C19H29N3O3/c1-5-25-12-16(13(2)3)22-19(23)20-10-9-14-11-21-15-7-6-8-17(24-4)18(14)15/h6-8,11,13,16,21H,5,9-10,12H2,1-4H3,(H2,20,22,23)/t16-/m0/s1. The van der Waals surface area contributed by atoms with E-state index in [-0.39, 0.29) is 12.1 Å². The van der Waals surface area contributed by atoms with Crippen LogP contribution >= 0.6 is 0 Å². The predicted octanol–water partition coefficient (Wildman–Crippen LogP) is 3.08. The summed E-state index contributed by atoms with van der Waals surface area (Å²) < 4.78 is 10.9. The first-order valence-electron chi connectivity index (χ1n) is 8.81. The zero-order valence-electron chi connectivity index (χ0n) is 15.5. The Morgan fingerprint density at radius 2 is 2.12 bits per heavy atom. The smallest absolute Gasteiger partial charge is 0.315 e. The van der Waals surface area contributed by atoms with Gasteiger partial charge in [-0.15, -0.1) is 0 Å². The Kier molecular flexibility index (Phi) is 7.13. The maximum atomic E-state index is 12.1. The topological polar surface area (TPSA) is 75.4 Å². The minimum absolute atomic E-state index is 0.00753. The molecule has 0 aliphatic heterocycles. The number of benzene rings is 1. The summed E-state index contributed by atoms with van der Waals surface area (Å²) in [6.07, 6.45) is 2.70.